The molecule has 2 N–H and O–H groups in total. The van der Waals surface area contributed by atoms with E-state index in [0.29, 0.717) is 90.0 Å². The van der Waals surface area contributed by atoms with Crippen LogP contribution < -0.4 is 20.1 Å². The maximum atomic E-state index is 12.9. The number of carbonyl (C=O) groups excluding carboxylic acids is 2. The van der Waals surface area contributed by atoms with E-state index in [0.717, 1.165) is 15.4 Å². The Morgan fingerprint density at radius 2 is 1.68 bits per heavy atom. The molecule has 0 saturated carbocycles. The largest absolute Gasteiger partial charge is 0.492 e. The number of carbonyl (C=O) groups is 2. The van der Waals surface area contributed by atoms with Gasteiger partial charge in [-0.25, -0.2) is 9.97 Å². The fourth-order valence-corrected chi connectivity index (χ4v) is 6.07. The zero-order valence-corrected chi connectivity index (χ0v) is 33.2. The minimum absolute atomic E-state index is 0.289. The van der Waals surface area contributed by atoms with Crippen LogP contribution in [0.15, 0.2) is 132 Å². The van der Waals surface area contributed by atoms with E-state index in [1.807, 2.05) is 51.6 Å². The second kappa shape index (κ2) is 19.4. The van der Waals surface area contributed by atoms with Crippen molar-refractivity contribution in [3.8, 4) is 34.5 Å². The number of fused-ring (bicyclic) bond motifs is 5. The number of allylic oxidation sites excluding steroid dienone is 2. The summed E-state index contributed by atoms with van der Waals surface area (Å²) in [5.74, 6) is 2.49. The first kappa shape index (κ1) is 39.4. The molecule has 14 nitrogen and oxygen atoms in total. The molecule has 0 unspecified atom stereocenters. The van der Waals surface area contributed by atoms with Gasteiger partial charge in [0.15, 0.2) is 11.6 Å². The zero-order chi connectivity index (χ0) is 39.3. The SMILES string of the molecule is C=CCCOc1ccc(Br)cc1C(=O)Nc1cccc(-c2nncn2CC=C)n1.O=C1Nc2cccc(n2)-c2nncn2CC=CCCOc2ccc(Br)cc21. The minimum atomic E-state index is -0.322. The predicted octanol–water partition coefficient (Wildman–Crippen LogP) is 8.19. The Morgan fingerprint density at radius 3 is 2.52 bits per heavy atom. The Bertz CT molecular complexity index is 2370. The monoisotopic (exact) mass is 878 g/mol. The molecule has 2 amide bonds. The van der Waals surface area contributed by atoms with E-state index >= 15 is 0 Å². The molecule has 2 aromatic carbocycles. The molecule has 5 heterocycles. The molecule has 0 radical (unpaired) electrons. The summed E-state index contributed by atoms with van der Waals surface area (Å²) in [5.41, 5.74) is 2.09. The van der Waals surface area contributed by atoms with Gasteiger partial charge in [0.1, 0.15) is 47.2 Å². The van der Waals surface area contributed by atoms with Crippen LogP contribution in [0.25, 0.3) is 23.0 Å². The molecule has 16 heteroatoms. The van der Waals surface area contributed by atoms with Crippen LogP contribution in [0.4, 0.5) is 11.6 Å². The number of anilines is 2. The Kier molecular flexibility index (Phi) is 13.6. The molecule has 6 aromatic rings. The number of hydrogen-bond acceptors (Lipinski definition) is 10. The lowest BCUT2D eigenvalue weighted by Crippen LogP contribution is -2.15. The first-order chi connectivity index (χ1) is 27.3. The molecule has 0 saturated heterocycles. The van der Waals surface area contributed by atoms with Gasteiger partial charge in [-0.15, -0.1) is 33.6 Å². The highest BCUT2D eigenvalue weighted by atomic mass is 79.9. The van der Waals surface area contributed by atoms with Crippen LogP contribution in [0.3, 0.4) is 0 Å². The van der Waals surface area contributed by atoms with Crippen LogP contribution in [0.5, 0.6) is 11.5 Å². The molecule has 7 rings (SSSR count). The Labute approximate surface area is 339 Å². The van der Waals surface area contributed by atoms with E-state index in [-0.39, 0.29) is 11.8 Å². The van der Waals surface area contributed by atoms with Crippen molar-refractivity contribution in [1.29, 1.82) is 0 Å². The lowest BCUT2D eigenvalue weighted by Gasteiger charge is -2.12. The van der Waals surface area contributed by atoms with Gasteiger partial charge in [0.25, 0.3) is 11.8 Å². The number of pyridine rings is 2. The third kappa shape index (κ3) is 10.3. The number of hydrogen-bond donors (Lipinski definition) is 2. The molecule has 0 spiro atoms. The summed E-state index contributed by atoms with van der Waals surface area (Å²) < 4.78 is 16.8. The number of nitrogens with zero attached hydrogens (tertiary/aromatic N) is 8. The van der Waals surface area contributed by atoms with Gasteiger partial charge in [0, 0.05) is 22.0 Å². The maximum Gasteiger partial charge on any atom is 0.260 e. The molecule has 0 fully saturated rings. The van der Waals surface area contributed by atoms with E-state index < -0.39 is 0 Å². The van der Waals surface area contributed by atoms with Crippen LogP contribution in [0, 0.1) is 0 Å². The van der Waals surface area contributed by atoms with E-state index in [9.17, 15) is 9.59 Å². The van der Waals surface area contributed by atoms with Crippen molar-refractivity contribution in [2.24, 2.45) is 0 Å². The van der Waals surface area contributed by atoms with E-state index in [1.165, 1.54) is 0 Å². The quantitative estimate of drug-likeness (QED) is 0.107. The summed E-state index contributed by atoms with van der Waals surface area (Å²) in [4.78, 5) is 34.7. The van der Waals surface area contributed by atoms with E-state index in [4.69, 9.17) is 9.47 Å². The Balaban J connectivity index is 0.000000190. The standard InChI is InChI=1S/C21H20BrN5O2.C19H16BrN5O2/c1-3-5-12-29-18-10-9-15(22)13-16(18)21(28)25-19-8-6-7-17(24-19)20-26-23-14-27(20)11-4-2;20-13-7-8-16-14(11-13)19(26)23-17-6-4-5-15(22-17)18-24-21-12-25(18)9-2-1-3-10-27-16/h3-4,6-10,13-14H,1-2,5,11-12H2,(H,24,25,28);1-2,4-8,11-12H,3,9-10H2,(H,22,23,26). The van der Waals surface area contributed by atoms with Crippen molar-refractivity contribution >= 4 is 55.3 Å². The predicted molar refractivity (Wildman–Crippen MR) is 220 cm³/mol. The fraction of sp³-hybridized carbons (Fsp3) is 0.150. The number of ether oxygens (including phenoxy) is 2. The molecule has 1 aliphatic rings. The lowest BCUT2D eigenvalue weighted by atomic mass is 10.2. The molecule has 1 aliphatic heterocycles. The molecule has 4 aromatic heterocycles. The van der Waals surface area contributed by atoms with Gasteiger partial charge in [-0.1, -0.05) is 68.3 Å². The number of amides is 2. The molecule has 0 atom stereocenters. The van der Waals surface area contributed by atoms with E-state index in [2.05, 4.69) is 86.0 Å². The number of nitrogens with one attached hydrogen (secondary N) is 2. The smallest absolute Gasteiger partial charge is 0.260 e. The highest BCUT2D eigenvalue weighted by Crippen LogP contribution is 2.27. The summed E-state index contributed by atoms with van der Waals surface area (Å²) in [6.07, 6.45) is 12.3. The van der Waals surface area contributed by atoms with Crippen LogP contribution in [-0.4, -0.2) is 64.5 Å². The number of halogens is 2. The first-order valence-corrected chi connectivity index (χ1v) is 19.0. The van der Waals surface area contributed by atoms with E-state index in [1.54, 1.807) is 67.3 Å². The summed E-state index contributed by atoms with van der Waals surface area (Å²) in [7, 11) is 0. The van der Waals surface area contributed by atoms with Gasteiger partial charge in [-0.3, -0.25) is 9.59 Å². The van der Waals surface area contributed by atoms with Crippen LogP contribution in [0.1, 0.15) is 33.6 Å². The van der Waals surface area contributed by atoms with Gasteiger partial charge >= 0.3 is 0 Å². The molecule has 2 bridgehead atoms. The number of aromatic nitrogens is 8. The van der Waals surface area contributed by atoms with Crippen molar-refractivity contribution in [3.05, 3.63) is 143 Å². The van der Waals surface area contributed by atoms with Gasteiger partial charge in [0.05, 0.1) is 24.3 Å². The van der Waals surface area contributed by atoms with Crippen molar-refractivity contribution in [2.75, 3.05) is 23.8 Å². The normalized spacial score (nSPS) is 12.2. The summed E-state index contributed by atoms with van der Waals surface area (Å²) in [6, 6.07) is 21.4. The van der Waals surface area contributed by atoms with Crippen LogP contribution in [0.2, 0.25) is 0 Å². The minimum Gasteiger partial charge on any atom is -0.492 e. The van der Waals surface area contributed by atoms with Gasteiger partial charge in [-0.2, -0.15) is 0 Å². The van der Waals surface area contributed by atoms with Crippen molar-refractivity contribution < 1.29 is 19.1 Å². The fourth-order valence-electron chi connectivity index (χ4n) is 5.34. The average Bonchev–Trinajstić information content (AvgIpc) is 3.87. The lowest BCUT2D eigenvalue weighted by molar-refractivity contribution is 0.101. The number of benzene rings is 2. The molecular formula is C40H36Br2N10O4. The number of rotatable bonds is 9. The Hall–Kier alpha value is -6.26. The molecule has 56 heavy (non-hydrogen) atoms. The summed E-state index contributed by atoms with van der Waals surface area (Å²) in [5, 5.41) is 21.8. The summed E-state index contributed by atoms with van der Waals surface area (Å²) >= 11 is 6.81. The maximum absolute atomic E-state index is 12.9. The zero-order valence-electron chi connectivity index (χ0n) is 30.0. The average molecular weight is 881 g/mol. The van der Waals surface area contributed by atoms with Gasteiger partial charge in [0.2, 0.25) is 0 Å². The molecule has 0 aliphatic carbocycles. The highest BCUT2D eigenvalue weighted by molar-refractivity contribution is 9.10. The summed E-state index contributed by atoms with van der Waals surface area (Å²) in [6.45, 7) is 9.51. The van der Waals surface area contributed by atoms with Gasteiger partial charge < -0.3 is 29.2 Å². The molecule has 284 valence electrons. The first-order valence-electron chi connectivity index (χ1n) is 17.4. The molecular weight excluding hydrogens is 844 g/mol. The highest BCUT2D eigenvalue weighted by Gasteiger charge is 2.18. The van der Waals surface area contributed by atoms with Crippen molar-refractivity contribution in [1.82, 2.24) is 39.5 Å². The third-order valence-corrected chi connectivity index (χ3v) is 8.95. The van der Waals surface area contributed by atoms with Crippen LogP contribution >= 0.6 is 31.9 Å². The Morgan fingerprint density at radius 1 is 0.911 bits per heavy atom. The second-order valence-electron chi connectivity index (χ2n) is 11.9. The third-order valence-electron chi connectivity index (χ3n) is 7.96. The van der Waals surface area contributed by atoms with Crippen molar-refractivity contribution in [3.63, 3.8) is 0 Å². The van der Waals surface area contributed by atoms with Gasteiger partial charge in [-0.05, 0) is 73.5 Å². The van der Waals surface area contributed by atoms with Crippen LogP contribution in [-0.2, 0) is 13.1 Å². The second-order valence-corrected chi connectivity index (χ2v) is 13.8. The van der Waals surface area contributed by atoms with Crippen molar-refractivity contribution in [2.45, 2.75) is 25.9 Å². The topological polar surface area (TPSA) is 164 Å².